The summed E-state index contributed by atoms with van der Waals surface area (Å²) in [6.07, 6.45) is 30.8. The van der Waals surface area contributed by atoms with E-state index >= 15 is 0 Å². The molecule has 0 aliphatic carbocycles. The average Bonchev–Trinajstić information content (AvgIpc) is 0.821. The van der Waals surface area contributed by atoms with Crippen LogP contribution < -0.4 is 0 Å². The molecular formula is C93H78N14. The van der Waals surface area contributed by atoms with Crippen molar-refractivity contribution in [1.82, 2.24) is 69.8 Å². The number of benzene rings is 8. The molecule has 0 radical (unpaired) electrons. The van der Waals surface area contributed by atoms with Crippen molar-refractivity contribution >= 4 is 43.1 Å². The van der Waals surface area contributed by atoms with Crippen LogP contribution in [0.15, 0.2) is 348 Å². The minimum Gasteiger partial charge on any atom is -0.265 e. The van der Waals surface area contributed by atoms with Crippen molar-refractivity contribution in [3.8, 4) is 78.4 Å². The third-order valence-electron chi connectivity index (χ3n) is 17.2. The lowest BCUT2D eigenvalue weighted by atomic mass is 9.99. The fourth-order valence-corrected chi connectivity index (χ4v) is 11.5. The Kier molecular flexibility index (Phi) is 25.0. The van der Waals surface area contributed by atoms with Crippen LogP contribution in [0.5, 0.6) is 0 Å². The van der Waals surface area contributed by atoms with Crippen LogP contribution in [0, 0.1) is 48.5 Å². The van der Waals surface area contributed by atoms with Crippen molar-refractivity contribution in [3.05, 3.63) is 388 Å². The van der Waals surface area contributed by atoms with E-state index in [-0.39, 0.29) is 0 Å². The van der Waals surface area contributed by atoms with Crippen molar-refractivity contribution in [2.24, 2.45) is 0 Å². The molecule has 0 bridgehead atoms. The predicted molar refractivity (Wildman–Crippen MR) is 435 cm³/mol. The summed E-state index contributed by atoms with van der Waals surface area (Å²) in [4.78, 5) is 58.9. The topological polar surface area (TPSA) is 180 Å². The second-order valence-electron chi connectivity index (χ2n) is 25.1. The summed E-state index contributed by atoms with van der Waals surface area (Å²) in [6, 6.07) is 82.9. The first-order chi connectivity index (χ1) is 52.5. The van der Waals surface area contributed by atoms with E-state index in [1.54, 1.807) is 55.8 Å². The first-order valence-corrected chi connectivity index (χ1v) is 35.0. The van der Waals surface area contributed by atoms with Crippen molar-refractivity contribution in [2.75, 3.05) is 0 Å². The van der Waals surface area contributed by atoms with Gasteiger partial charge < -0.3 is 0 Å². The van der Waals surface area contributed by atoms with Gasteiger partial charge in [-0.1, -0.05) is 188 Å². The largest absolute Gasteiger partial charge is 0.265 e. The van der Waals surface area contributed by atoms with E-state index < -0.39 is 0 Å². The van der Waals surface area contributed by atoms with Crippen molar-refractivity contribution in [2.45, 2.75) is 48.5 Å². The van der Waals surface area contributed by atoms with Crippen molar-refractivity contribution < 1.29 is 0 Å². The molecule has 0 saturated carbocycles. The van der Waals surface area contributed by atoms with Gasteiger partial charge in [0.15, 0.2) is 0 Å². The Morgan fingerprint density at radius 1 is 0.178 bits per heavy atom. The molecule has 10 heterocycles. The highest BCUT2D eigenvalue weighted by Crippen LogP contribution is 2.32. The molecule has 520 valence electrons. The van der Waals surface area contributed by atoms with E-state index in [2.05, 4.69) is 265 Å². The number of hydrogen-bond donors (Lipinski definition) is 0. The van der Waals surface area contributed by atoms with Gasteiger partial charge in [0.2, 0.25) is 0 Å². The van der Waals surface area contributed by atoms with Crippen LogP contribution in [0.25, 0.3) is 122 Å². The molecule has 0 saturated heterocycles. The van der Waals surface area contributed by atoms with E-state index in [1.165, 1.54) is 76.5 Å². The number of aryl methyl sites for hydroxylation is 7. The molecule has 8 aromatic carbocycles. The van der Waals surface area contributed by atoms with E-state index in [9.17, 15) is 0 Å². The lowest BCUT2D eigenvalue weighted by molar-refractivity contribution is 1.05. The zero-order valence-corrected chi connectivity index (χ0v) is 60.7. The molecule has 18 rings (SSSR count). The predicted octanol–water partition coefficient (Wildman–Crippen LogP) is 21.8. The molecule has 14 heteroatoms. The van der Waals surface area contributed by atoms with Crippen LogP contribution in [0.1, 0.15) is 39.9 Å². The van der Waals surface area contributed by atoms with Gasteiger partial charge in [0, 0.05) is 138 Å². The molecule has 10 aromatic heterocycles. The molecule has 18 aromatic rings. The summed E-state index contributed by atoms with van der Waals surface area (Å²) in [5.41, 5.74) is 20.4. The maximum atomic E-state index is 4.50. The molecule has 0 N–H and O–H groups in total. The molecule has 0 unspecified atom stereocenters. The third kappa shape index (κ3) is 20.2. The summed E-state index contributed by atoms with van der Waals surface area (Å²) in [7, 11) is 0. The Morgan fingerprint density at radius 3 is 0.925 bits per heavy atom. The van der Waals surface area contributed by atoms with Gasteiger partial charge in [-0.05, 0) is 174 Å². The molecule has 0 amide bonds. The molecular weight excluding hydrogens is 1310 g/mol. The number of aromatic nitrogens is 14. The number of hydrogen-bond acceptors (Lipinski definition) is 14. The monoisotopic (exact) mass is 1390 g/mol. The minimum absolute atomic E-state index is 0.790. The van der Waals surface area contributed by atoms with Gasteiger partial charge in [0.05, 0.1) is 46.6 Å². The molecule has 0 aliphatic heterocycles. The zero-order chi connectivity index (χ0) is 73.9. The fourth-order valence-electron chi connectivity index (χ4n) is 11.5. The Labute approximate surface area is 624 Å². The first kappa shape index (κ1) is 72.8. The third-order valence-corrected chi connectivity index (χ3v) is 17.2. The standard InChI is InChI=1S/2C16H13N.2C15H12N2.C11H10N2.2C10H9N3/c1-12-9-10-14(11-17-12)16-8-4-6-13-5-2-3-7-15(13)16;1-12-9-10-16(17-11-12)15-8-4-6-13-5-2-3-7-14(13)15;1-11-16-9-13(10-17-11)15-8-4-6-12-5-2-3-7-14(12)15;1-11-9-17-15(10-16-11)14-8-4-6-12-5-2-3-7-13(12)14;1-9-2-3-11(13-8-9)10-4-6-12-7-5-10;1-8-12-6-10(7-13-8)9-2-4-11-5-3-9;1-8-6-13-10(7-12-8)9-2-4-11-5-3-9/h2*2-11H,1H3;2*2-10H,1H3;2-8H,1H3;2*2-7H,1H3. The van der Waals surface area contributed by atoms with Gasteiger partial charge in [-0.3, -0.25) is 49.8 Å². The quantitative estimate of drug-likeness (QED) is 0.147. The number of nitrogens with zero attached hydrogens (tertiary/aromatic N) is 14. The SMILES string of the molecule is Cc1ccc(-c2cccc3ccccc23)cn1.Cc1ccc(-c2cccc3ccccc23)nc1.Cc1ccc(-c2ccncc2)nc1.Cc1cnc(-c2cccc3ccccc23)cn1.Cc1cnc(-c2ccncc2)cn1.Cc1ncc(-c2cccc3ccccc23)cn1.Cc1ncc(-c2ccncc2)cn1. The lowest BCUT2D eigenvalue weighted by Crippen LogP contribution is -1.88. The Bertz CT molecular complexity index is 5090. The molecule has 14 nitrogen and oxygen atoms in total. The Morgan fingerprint density at radius 2 is 0.514 bits per heavy atom. The van der Waals surface area contributed by atoms with E-state index in [4.69, 9.17) is 0 Å². The highest BCUT2D eigenvalue weighted by Gasteiger charge is 2.09. The zero-order valence-electron chi connectivity index (χ0n) is 60.7. The molecule has 0 atom stereocenters. The summed E-state index contributed by atoms with van der Waals surface area (Å²) in [6.45, 7) is 13.7. The normalized spacial score (nSPS) is 10.4. The van der Waals surface area contributed by atoms with Gasteiger partial charge in [0.25, 0.3) is 0 Å². The van der Waals surface area contributed by atoms with Crippen LogP contribution in [0.3, 0.4) is 0 Å². The second-order valence-corrected chi connectivity index (χ2v) is 25.1. The van der Waals surface area contributed by atoms with Crippen LogP contribution in [0.2, 0.25) is 0 Å². The maximum Gasteiger partial charge on any atom is 0.125 e. The molecule has 0 spiro atoms. The Hall–Kier alpha value is -14.0. The smallest absolute Gasteiger partial charge is 0.125 e. The van der Waals surface area contributed by atoms with Gasteiger partial charge in [-0.15, -0.1) is 0 Å². The van der Waals surface area contributed by atoms with Crippen LogP contribution in [0.4, 0.5) is 0 Å². The van der Waals surface area contributed by atoms with E-state index in [1.807, 2.05) is 146 Å². The molecule has 107 heavy (non-hydrogen) atoms. The van der Waals surface area contributed by atoms with Gasteiger partial charge in [-0.2, -0.15) is 0 Å². The summed E-state index contributed by atoms with van der Waals surface area (Å²) in [5.74, 6) is 1.59. The van der Waals surface area contributed by atoms with Crippen LogP contribution >= 0.6 is 0 Å². The van der Waals surface area contributed by atoms with E-state index in [0.29, 0.717) is 0 Å². The number of fused-ring (bicyclic) bond motifs is 4. The minimum atomic E-state index is 0.790. The summed E-state index contributed by atoms with van der Waals surface area (Å²) < 4.78 is 0. The lowest BCUT2D eigenvalue weighted by Gasteiger charge is -2.06. The number of rotatable bonds is 7. The van der Waals surface area contributed by atoms with E-state index in [0.717, 1.165) is 84.9 Å². The second kappa shape index (κ2) is 36.8. The van der Waals surface area contributed by atoms with Gasteiger partial charge in [-0.25, -0.2) is 19.9 Å². The fraction of sp³-hybridized carbons (Fsp3) is 0.0753. The summed E-state index contributed by atoms with van der Waals surface area (Å²) >= 11 is 0. The molecule has 0 fully saturated rings. The Balaban J connectivity index is 0.000000117. The van der Waals surface area contributed by atoms with Gasteiger partial charge in [0.1, 0.15) is 11.6 Å². The van der Waals surface area contributed by atoms with Crippen molar-refractivity contribution in [3.63, 3.8) is 0 Å². The molecule has 0 aliphatic rings. The van der Waals surface area contributed by atoms with Crippen LogP contribution in [-0.2, 0) is 0 Å². The summed E-state index contributed by atoms with van der Waals surface area (Å²) in [5, 5.41) is 9.98. The first-order valence-electron chi connectivity index (χ1n) is 35.0. The number of pyridine rings is 6. The van der Waals surface area contributed by atoms with Gasteiger partial charge >= 0.3 is 0 Å². The van der Waals surface area contributed by atoms with Crippen LogP contribution in [-0.4, -0.2) is 69.8 Å². The highest BCUT2D eigenvalue weighted by atomic mass is 14.9. The highest BCUT2D eigenvalue weighted by molar-refractivity contribution is 5.99. The van der Waals surface area contributed by atoms with Crippen molar-refractivity contribution in [1.29, 1.82) is 0 Å². The maximum absolute atomic E-state index is 4.50. The average molecular weight is 1390 g/mol.